The number of fused-ring (bicyclic) bond motifs is 1. The summed E-state index contributed by atoms with van der Waals surface area (Å²) in [6.45, 7) is 0. The van der Waals surface area contributed by atoms with Crippen LogP contribution in [0, 0.1) is 0 Å². The highest BCUT2D eigenvalue weighted by molar-refractivity contribution is 9.10. The van der Waals surface area contributed by atoms with Crippen molar-refractivity contribution in [2.45, 2.75) is 4.90 Å². The lowest BCUT2D eigenvalue weighted by Gasteiger charge is -2.08. The molecule has 7 heteroatoms. The molecule has 102 valence electrons. The van der Waals surface area contributed by atoms with E-state index < -0.39 is 9.84 Å². The van der Waals surface area contributed by atoms with Crippen LogP contribution in [0.1, 0.15) is 0 Å². The van der Waals surface area contributed by atoms with Crippen molar-refractivity contribution in [1.29, 1.82) is 0 Å². The molecule has 0 spiro atoms. The minimum atomic E-state index is -2.94. The number of aromatic nitrogens is 1. The van der Waals surface area contributed by atoms with Gasteiger partial charge >= 0.3 is 0 Å². The van der Waals surface area contributed by atoms with Gasteiger partial charge in [-0.3, -0.25) is 4.98 Å². The molecule has 0 bridgehead atoms. The number of rotatable bonds is 4. The van der Waals surface area contributed by atoms with Gasteiger partial charge in [0.05, 0.1) is 11.3 Å². The second kappa shape index (κ2) is 5.68. The maximum atomic E-state index is 11.1. The molecule has 0 unspecified atom stereocenters. The Morgan fingerprint density at radius 2 is 2.16 bits per heavy atom. The lowest BCUT2D eigenvalue weighted by Crippen LogP contribution is -2.05. The second-order valence-electron chi connectivity index (χ2n) is 4.18. The first-order valence-electron chi connectivity index (χ1n) is 5.51. The molecule has 1 aromatic heterocycles. The van der Waals surface area contributed by atoms with Crippen LogP contribution in [0.5, 0.6) is 0 Å². The molecule has 0 aliphatic rings. The molecule has 0 saturated heterocycles. The summed E-state index contributed by atoms with van der Waals surface area (Å²) in [7, 11) is -2.94. The van der Waals surface area contributed by atoms with Crippen molar-refractivity contribution in [3.63, 3.8) is 0 Å². The predicted molar refractivity (Wildman–Crippen MR) is 84.3 cm³/mol. The molecule has 4 nitrogen and oxygen atoms in total. The summed E-state index contributed by atoms with van der Waals surface area (Å²) in [5, 5.41) is 0.874. The number of nitrogen functional groups attached to an aromatic ring is 1. The van der Waals surface area contributed by atoms with E-state index in [1.807, 2.05) is 18.2 Å². The number of sulfone groups is 1. The lowest BCUT2D eigenvalue weighted by atomic mass is 10.2. The van der Waals surface area contributed by atoms with Gasteiger partial charge in [-0.2, -0.15) is 0 Å². The van der Waals surface area contributed by atoms with E-state index in [0.717, 1.165) is 20.3 Å². The molecule has 0 aliphatic heterocycles. The fraction of sp³-hybridized carbons (Fsp3) is 0.250. The van der Waals surface area contributed by atoms with Crippen LogP contribution < -0.4 is 5.73 Å². The van der Waals surface area contributed by atoms with Crippen LogP contribution in [0.15, 0.2) is 33.8 Å². The predicted octanol–water partition coefficient (Wildman–Crippen LogP) is 2.72. The number of nitrogens with zero attached hydrogens (tertiary/aromatic N) is 1. The number of pyridine rings is 1. The molecule has 19 heavy (non-hydrogen) atoms. The third-order valence-corrected chi connectivity index (χ3v) is 5.21. The molecule has 0 aliphatic carbocycles. The Hall–Kier alpha value is -0.790. The summed E-state index contributed by atoms with van der Waals surface area (Å²) >= 11 is 4.84. The summed E-state index contributed by atoms with van der Waals surface area (Å²) in [4.78, 5) is 5.30. The maximum absolute atomic E-state index is 11.1. The highest BCUT2D eigenvalue weighted by Crippen LogP contribution is 2.31. The molecule has 0 atom stereocenters. The SMILES string of the molecule is CS(=O)(=O)CCSc1ccc(N)c2cc(Br)cnc12. The Labute approximate surface area is 124 Å². The van der Waals surface area contributed by atoms with Crippen LogP contribution >= 0.6 is 27.7 Å². The van der Waals surface area contributed by atoms with Crippen LogP contribution in [0.2, 0.25) is 0 Å². The van der Waals surface area contributed by atoms with Crippen molar-refractivity contribution in [3.8, 4) is 0 Å². The number of thioether (sulfide) groups is 1. The monoisotopic (exact) mass is 360 g/mol. The van der Waals surface area contributed by atoms with Crippen molar-refractivity contribution >= 4 is 54.1 Å². The van der Waals surface area contributed by atoms with E-state index in [1.165, 1.54) is 18.0 Å². The van der Waals surface area contributed by atoms with E-state index in [-0.39, 0.29) is 5.75 Å². The Bertz CT molecular complexity index is 717. The minimum Gasteiger partial charge on any atom is -0.398 e. The Morgan fingerprint density at radius 1 is 1.42 bits per heavy atom. The number of halogens is 1. The van der Waals surface area contributed by atoms with Crippen molar-refractivity contribution in [2.24, 2.45) is 0 Å². The molecule has 0 fully saturated rings. The second-order valence-corrected chi connectivity index (χ2v) is 8.49. The van der Waals surface area contributed by atoms with Gasteiger partial charge in [0, 0.05) is 38.6 Å². The van der Waals surface area contributed by atoms with Crippen molar-refractivity contribution in [3.05, 3.63) is 28.9 Å². The maximum Gasteiger partial charge on any atom is 0.148 e. The van der Waals surface area contributed by atoms with Gasteiger partial charge in [-0.1, -0.05) is 0 Å². The number of hydrogen-bond donors (Lipinski definition) is 1. The average Bonchev–Trinajstić information content (AvgIpc) is 2.31. The quantitative estimate of drug-likeness (QED) is 0.670. The summed E-state index contributed by atoms with van der Waals surface area (Å²) in [6, 6.07) is 5.61. The van der Waals surface area contributed by atoms with Crippen molar-refractivity contribution in [1.82, 2.24) is 4.98 Å². The van der Waals surface area contributed by atoms with E-state index in [2.05, 4.69) is 20.9 Å². The molecule has 0 saturated carbocycles. The molecular formula is C12H13BrN2O2S2. The number of hydrogen-bond acceptors (Lipinski definition) is 5. The van der Waals surface area contributed by atoms with Crippen molar-refractivity contribution < 1.29 is 8.42 Å². The average molecular weight is 361 g/mol. The van der Waals surface area contributed by atoms with E-state index in [0.29, 0.717) is 11.4 Å². The Kier molecular flexibility index (Phi) is 4.37. The smallest absolute Gasteiger partial charge is 0.148 e. The molecule has 1 heterocycles. The zero-order valence-electron chi connectivity index (χ0n) is 10.3. The summed E-state index contributed by atoms with van der Waals surface area (Å²) in [5.41, 5.74) is 7.40. The van der Waals surface area contributed by atoms with Gasteiger partial charge < -0.3 is 5.73 Å². The van der Waals surface area contributed by atoms with E-state index in [9.17, 15) is 8.42 Å². The topological polar surface area (TPSA) is 73.0 Å². The fourth-order valence-corrected chi connectivity index (χ4v) is 4.17. The summed E-state index contributed by atoms with van der Waals surface area (Å²) in [5.74, 6) is 0.662. The van der Waals surface area contributed by atoms with Gasteiger partial charge in [0.15, 0.2) is 0 Å². The van der Waals surface area contributed by atoms with Crippen LogP contribution in [-0.4, -0.2) is 31.2 Å². The van der Waals surface area contributed by atoms with Gasteiger partial charge in [0.25, 0.3) is 0 Å². The van der Waals surface area contributed by atoms with E-state index in [4.69, 9.17) is 5.73 Å². The Morgan fingerprint density at radius 3 is 2.84 bits per heavy atom. The standard InChI is InChI=1S/C12H13BrN2O2S2/c1-19(16,17)5-4-18-11-3-2-10(14)9-6-8(13)7-15-12(9)11/h2-3,6-7H,4-5,14H2,1H3. The molecule has 2 aromatic rings. The summed E-state index contributed by atoms with van der Waals surface area (Å²) in [6.07, 6.45) is 2.95. The normalized spacial score (nSPS) is 11.9. The lowest BCUT2D eigenvalue weighted by molar-refractivity contribution is 0.603. The largest absolute Gasteiger partial charge is 0.398 e. The zero-order valence-corrected chi connectivity index (χ0v) is 13.5. The zero-order chi connectivity index (χ0) is 14.0. The van der Waals surface area contributed by atoms with Crippen LogP contribution in [-0.2, 0) is 9.84 Å². The first-order valence-corrected chi connectivity index (χ1v) is 9.35. The number of benzene rings is 1. The number of anilines is 1. The summed E-state index contributed by atoms with van der Waals surface area (Å²) < 4.78 is 23.1. The first kappa shape index (κ1) is 14.6. The van der Waals surface area contributed by atoms with Gasteiger partial charge in [-0.15, -0.1) is 11.8 Å². The molecular weight excluding hydrogens is 348 g/mol. The third kappa shape index (κ3) is 3.84. The molecule has 2 N–H and O–H groups in total. The fourth-order valence-electron chi connectivity index (χ4n) is 1.61. The van der Waals surface area contributed by atoms with Gasteiger partial charge in [0.2, 0.25) is 0 Å². The molecule has 0 amide bonds. The van der Waals surface area contributed by atoms with Gasteiger partial charge in [-0.05, 0) is 34.1 Å². The van der Waals surface area contributed by atoms with Crippen LogP contribution in [0.3, 0.4) is 0 Å². The first-order chi connectivity index (χ1) is 8.87. The third-order valence-electron chi connectivity index (χ3n) is 2.52. The van der Waals surface area contributed by atoms with Crippen LogP contribution in [0.4, 0.5) is 5.69 Å². The molecule has 0 radical (unpaired) electrons. The highest BCUT2D eigenvalue weighted by Gasteiger charge is 2.08. The molecule has 2 rings (SSSR count). The van der Waals surface area contributed by atoms with Crippen molar-refractivity contribution in [2.75, 3.05) is 23.5 Å². The van der Waals surface area contributed by atoms with Gasteiger partial charge in [0.1, 0.15) is 9.84 Å². The number of nitrogens with two attached hydrogens (primary N) is 1. The van der Waals surface area contributed by atoms with Crippen LogP contribution in [0.25, 0.3) is 10.9 Å². The Balaban J connectivity index is 2.31. The highest BCUT2D eigenvalue weighted by atomic mass is 79.9. The molecule has 1 aromatic carbocycles. The van der Waals surface area contributed by atoms with E-state index >= 15 is 0 Å². The van der Waals surface area contributed by atoms with Gasteiger partial charge in [-0.25, -0.2) is 8.42 Å². The van der Waals surface area contributed by atoms with E-state index in [1.54, 1.807) is 6.20 Å². The minimum absolute atomic E-state index is 0.153.